The van der Waals surface area contributed by atoms with Gasteiger partial charge in [-0.05, 0) is 36.0 Å². The molecule has 4 rings (SSSR count). The first-order chi connectivity index (χ1) is 12.7. The molecule has 0 saturated carbocycles. The van der Waals surface area contributed by atoms with Crippen molar-refractivity contribution in [3.63, 3.8) is 0 Å². The van der Waals surface area contributed by atoms with Gasteiger partial charge >= 0.3 is 0 Å². The Balaban J connectivity index is 1.69. The van der Waals surface area contributed by atoms with Crippen molar-refractivity contribution in [2.45, 2.75) is 19.8 Å². The van der Waals surface area contributed by atoms with Gasteiger partial charge in [0.15, 0.2) is 0 Å². The maximum absolute atomic E-state index is 5.04. The lowest BCUT2D eigenvalue weighted by molar-refractivity contribution is 0.212. The topological polar surface area (TPSA) is 47.4 Å². The van der Waals surface area contributed by atoms with Crippen molar-refractivity contribution in [3.8, 4) is 22.4 Å². The Hall–Kier alpha value is -3.01. The minimum absolute atomic E-state index is 0.502. The van der Waals surface area contributed by atoms with E-state index in [1.54, 1.807) is 7.11 Å². The van der Waals surface area contributed by atoms with E-state index in [9.17, 15) is 0 Å². The molecule has 1 atom stereocenters. The molecule has 2 aromatic carbocycles. The molecule has 0 spiro atoms. The first-order valence-corrected chi connectivity index (χ1v) is 8.87. The molecular weight excluding hydrogens is 322 g/mol. The summed E-state index contributed by atoms with van der Waals surface area (Å²) < 4.78 is 0. The summed E-state index contributed by atoms with van der Waals surface area (Å²) in [5, 5.41) is 13.1. The predicted octanol–water partition coefficient (Wildman–Crippen LogP) is 4.74. The lowest BCUT2D eigenvalue weighted by Crippen LogP contribution is -2.21. The Bertz CT molecular complexity index is 933. The fourth-order valence-corrected chi connectivity index (χ4v) is 3.46. The number of oxime groups is 1. The van der Waals surface area contributed by atoms with Gasteiger partial charge in [-0.1, -0.05) is 66.7 Å². The molecule has 0 aliphatic heterocycles. The van der Waals surface area contributed by atoms with E-state index in [1.807, 2.05) is 6.07 Å². The predicted molar refractivity (Wildman–Crippen MR) is 104 cm³/mol. The Morgan fingerprint density at radius 3 is 2.31 bits per heavy atom. The molecule has 1 heterocycles. The molecule has 0 unspecified atom stereocenters. The van der Waals surface area contributed by atoms with Gasteiger partial charge in [0.25, 0.3) is 0 Å². The second-order valence-corrected chi connectivity index (χ2v) is 6.77. The SMILES string of the molecule is CON=C1C[C@@H](C)Cc2nnc(-c3ccc(-c4ccccc4)cc3)cc21. The van der Waals surface area contributed by atoms with Crippen molar-refractivity contribution in [2.75, 3.05) is 7.11 Å². The number of hydrogen-bond donors (Lipinski definition) is 0. The number of aromatic nitrogens is 2. The molecule has 3 aromatic rings. The van der Waals surface area contributed by atoms with Gasteiger partial charge in [-0.25, -0.2) is 0 Å². The van der Waals surface area contributed by atoms with Crippen LogP contribution in [0.4, 0.5) is 0 Å². The highest BCUT2D eigenvalue weighted by Crippen LogP contribution is 2.28. The highest BCUT2D eigenvalue weighted by molar-refractivity contribution is 6.02. The van der Waals surface area contributed by atoms with E-state index in [1.165, 1.54) is 11.1 Å². The van der Waals surface area contributed by atoms with Crippen LogP contribution in [-0.4, -0.2) is 23.0 Å². The standard InChI is InChI=1S/C22H21N3O/c1-15-12-21-19(22(13-15)25-26-2)14-20(23-24-21)18-10-8-17(9-11-18)16-6-4-3-5-7-16/h3-11,14-15H,12-13H2,1-2H3/t15-/m0/s1. The van der Waals surface area contributed by atoms with Crippen LogP contribution in [0.15, 0.2) is 65.8 Å². The van der Waals surface area contributed by atoms with E-state index >= 15 is 0 Å². The van der Waals surface area contributed by atoms with Crippen molar-refractivity contribution >= 4 is 5.71 Å². The average Bonchev–Trinajstić information content (AvgIpc) is 2.69. The van der Waals surface area contributed by atoms with Gasteiger partial charge in [-0.2, -0.15) is 10.2 Å². The summed E-state index contributed by atoms with van der Waals surface area (Å²) in [6.07, 6.45) is 1.83. The van der Waals surface area contributed by atoms with Crippen molar-refractivity contribution < 1.29 is 4.84 Å². The summed E-state index contributed by atoms with van der Waals surface area (Å²) in [5.41, 5.74) is 7.33. The van der Waals surface area contributed by atoms with Crippen LogP contribution in [0.2, 0.25) is 0 Å². The van der Waals surface area contributed by atoms with Crippen LogP contribution in [-0.2, 0) is 11.3 Å². The molecule has 4 heteroatoms. The Morgan fingerprint density at radius 1 is 0.885 bits per heavy atom. The Labute approximate surface area is 153 Å². The minimum Gasteiger partial charge on any atom is -0.399 e. The highest BCUT2D eigenvalue weighted by atomic mass is 16.6. The summed E-state index contributed by atoms with van der Waals surface area (Å²) in [6, 6.07) is 20.9. The number of hydrogen-bond acceptors (Lipinski definition) is 4. The maximum Gasteiger partial charge on any atom is 0.106 e. The summed E-state index contributed by atoms with van der Waals surface area (Å²) in [6.45, 7) is 2.20. The normalized spacial score (nSPS) is 17.8. The second kappa shape index (κ2) is 7.08. The fraction of sp³-hybridized carbons (Fsp3) is 0.227. The molecular formula is C22H21N3O. The third-order valence-electron chi connectivity index (χ3n) is 4.75. The average molecular weight is 343 g/mol. The summed E-state index contributed by atoms with van der Waals surface area (Å²) in [4.78, 5) is 5.04. The molecule has 0 saturated heterocycles. The lowest BCUT2D eigenvalue weighted by Gasteiger charge is -2.21. The molecule has 0 fully saturated rings. The highest BCUT2D eigenvalue weighted by Gasteiger charge is 2.24. The second-order valence-electron chi connectivity index (χ2n) is 6.77. The molecule has 26 heavy (non-hydrogen) atoms. The summed E-state index contributed by atoms with van der Waals surface area (Å²) >= 11 is 0. The third kappa shape index (κ3) is 3.23. The van der Waals surface area contributed by atoms with E-state index in [0.29, 0.717) is 5.92 Å². The number of rotatable bonds is 3. The van der Waals surface area contributed by atoms with Crippen LogP contribution in [0.3, 0.4) is 0 Å². The zero-order valence-corrected chi connectivity index (χ0v) is 15.0. The molecule has 1 aliphatic rings. The van der Waals surface area contributed by atoms with Crippen LogP contribution in [0, 0.1) is 5.92 Å². The largest absolute Gasteiger partial charge is 0.399 e. The summed E-state index contributed by atoms with van der Waals surface area (Å²) in [7, 11) is 1.59. The van der Waals surface area contributed by atoms with Gasteiger partial charge in [0, 0.05) is 11.1 Å². The van der Waals surface area contributed by atoms with Crippen LogP contribution in [0.1, 0.15) is 24.6 Å². The molecule has 130 valence electrons. The van der Waals surface area contributed by atoms with Crippen LogP contribution < -0.4 is 0 Å². The zero-order chi connectivity index (χ0) is 17.9. The number of nitrogens with zero attached hydrogens (tertiary/aromatic N) is 3. The number of benzene rings is 2. The number of fused-ring (bicyclic) bond motifs is 1. The molecule has 0 bridgehead atoms. The Kier molecular flexibility index (Phi) is 4.48. The smallest absolute Gasteiger partial charge is 0.106 e. The first-order valence-electron chi connectivity index (χ1n) is 8.87. The van der Waals surface area contributed by atoms with Crippen molar-refractivity contribution in [3.05, 3.63) is 71.9 Å². The van der Waals surface area contributed by atoms with E-state index < -0.39 is 0 Å². The molecule has 0 N–H and O–H groups in total. The van der Waals surface area contributed by atoms with Crippen LogP contribution >= 0.6 is 0 Å². The van der Waals surface area contributed by atoms with Gasteiger partial charge in [0.05, 0.1) is 17.1 Å². The molecule has 1 aromatic heterocycles. The molecule has 0 amide bonds. The lowest BCUT2D eigenvalue weighted by atomic mass is 9.86. The van der Waals surface area contributed by atoms with E-state index in [4.69, 9.17) is 4.84 Å². The summed E-state index contributed by atoms with van der Waals surface area (Å²) in [5.74, 6) is 0.502. The molecule has 4 nitrogen and oxygen atoms in total. The van der Waals surface area contributed by atoms with Gasteiger partial charge < -0.3 is 4.84 Å². The van der Waals surface area contributed by atoms with E-state index in [2.05, 4.69) is 76.9 Å². The monoisotopic (exact) mass is 343 g/mol. The quantitative estimate of drug-likeness (QED) is 0.645. The van der Waals surface area contributed by atoms with Gasteiger partial charge in [-0.3, -0.25) is 0 Å². The van der Waals surface area contributed by atoms with Crippen LogP contribution in [0.25, 0.3) is 22.4 Å². The Morgan fingerprint density at radius 2 is 1.58 bits per heavy atom. The molecule has 0 radical (unpaired) electrons. The fourth-order valence-electron chi connectivity index (χ4n) is 3.46. The molecule has 1 aliphatic carbocycles. The first kappa shape index (κ1) is 16.5. The van der Waals surface area contributed by atoms with Gasteiger partial charge in [-0.15, -0.1) is 0 Å². The van der Waals surface area contributed by atoms with Gasteiger partial charge in [0.1, 0.15) is 7.11 Å². The van der Waals surface area contributed by atoms with E-state index in [-0.39, 0.29) is 0 Å². The van der Waals surface area contributed by atoms with Crippen molar-refractivity contribution in [1.29, 1.82) is 0 Å². The van der Waals surface area contributed by atoms with Gasteiger partial charge in [0.2, 0.25) is 0 Å². The van der Waals surface area contributed by atoms with E-state index in [0.717, 1.165) is 41.1 Å². The zero-order valence-electron chi connectivity index (χ0n) is 15.0. The minimum atomic E-state index is 0.502. The van der Waals surface area contributed by atoms with Crippen molar-refractivity contribution in [1.82, 2.24) is 10.2 Å². The third-order valence-corrected chi connectivity index (χ3v) is 4.75. The van der Waals surface area contributed by atoms with Crippen LogP contribution in [0.5, 0.6) is 0 Å². The maximum atomic E-state index is 5.04. The van der Waals surface area contributed by atoms with Crippen molar-refractivity contribution in [2.24, 2.45) is 11.1 Å².